The van der Waals surface area contributed by atoms with Gasteiger partial charge in [0.2, 0.25) is 5.91 Å². The zero-order chi connectivity index (χ0) is 21.6. The minimum Gasteiger partial charge on any atom is -0.504 e. The smallest absolute Gasteiger partial charge is 0.294 e. The Morgan fingerprint density at radius 3 is 2.39 bits per heavy atom. The highest BCUT2D eigenvalue weighted by Gasteiger charge is 2.18. The Kier molecular flexibility index (Phi) is 5.79. The van der Waals surface area contributed by atoms with Gasteiger partial charge in [-0.2, -0.15) is 5.10 Å². The normalized spacial score (nSPS) is 10.6. The van der Waals surface area contributed by atoms with Crippen molar-refractivity contribution in [2.24, 2.45) is 0 Å². The van der Waals surface area contributed by atoms with Crippen molar-refractivity contribution in [1.29, 1.82) is 0 Å². The summed E-state index contributed by atoms with van der Waals surface area (Å²) in [5, 5.41) is 14.1. The molecule has 8 nitrogen and oxygen atoms in total. The first-order valence-corrected chi connectivity index (χ1v) is 9.67. The quantitative estimate of drug-likeness (QED) is 0.418. The largest absolute Gasteiger partial charge is 0.504 e. The molecular formula is C23H20N4O4. The summed E-state index contributed by atoms with van der Waals surface area (Å²) < 4.78 is 7.14. The van der Waals surface area contributed by atoms with E-state index in [0.717, 1.165) is 11.3 Å². The van der Waals surface area contributed by atoms with Gasteiger partial charge in [0, 0.05) is 18.4 Å². The lowest BCUT2D eigenvalue weighted by Crippen LogP contribution is -2.41. The fourth-order valence-corrected chi connectivity index (χ4v) is 2.99. The minimum atomic E-state index is -0.718. The minimum absolute atomic E-state index is 0.118. The molecule has 0 aliphatic carbocycles. The Morgan fingerprint density at radius 2 is 1.65 bits per heavy atom. The summed E-state index contributed by atoms with van der Waals surface area (Å²) in [6.07, 6.45) is 1.82. The molecule has 8 heteroatoms. The van der Waals surface area contributed by atoms with E-state index in [4.69, 9.17) is 4.42 Å². The van der Waals surface area contributed by atoms with Crippen LogP contribution in [0.3, 0.4) is 0 Å². The number of amides is 2. The number of carbonyl (C=O) groups excluding carboxylic acids is 2. The summed E-state index contributed by atoms with van der Waals surface area (Å²) in [4.78, 5) is 24.4. The van der Waals surface area contributed by atoms with Crippen LogP contribution in [0, 0.1) is 0 Å². The first kappa shape index (κ1) is 20.0. The molecule has 0 unspecified atom stereocenters. The Labute approximate surface area is 178 Å². The maximum Gasteiger partial charge on any atom is 0.294 e. The SMILES string of the molecule is O=C(CCc1ccc(-c2ccccc2)o1)NNC(=O)c1nn(-c2ccccc2)cc1O. The molecule has 0 spiro atoms. The van der Waals surface area contributed by atoms with E-state index in [1.54, 1.807) is 12.1 Å². The molecule has 0 aliphatic heterocycles. The number of benzene rings is 2. The van der Waals surface area contributed by atoms with Crippen LogP contribution in [-0.2, 0) is 11.2 Å². The zero-order valence-electron chi connectivity index (χ0n) is 16.5. The molecule has 4 rings (SSSR count). The number of hydrazine groups is 1. The molecule has 0 aliphatic rings. The van der Waals surface area contributed by atoms with E-state index in [1.165, 1.54) is 10.9 Å². The predicted octanol–water partition coefficient (Wildman–Crippen LogP) is 3.23. The predicted molar refractivity (Wildman–Crippen MR) is 113 cm³/mol. The number of para-hydroxylation sites is 1. The third-order valence-corrected chi connectivity index (χ3v) is 4.56. The number of carbonyl (C=O) groups is 2. The van der Waals surface area contributed by atoms with Crippen molar-refractivity contribution in [3.63, 3.8) is 0 Å². The molecule has 3 N–H and O–H groups in total. The van der Waals surface area contributed by atoms with Crippen molar-refractivity contribution in [1.82, 2.24) is 20.6 Å². The number of rotatable bonds is 6. The Bertz CT molecular complexity index is 1180. The lowest BCUT2D eigenvalue weighted by atomic mass is 10.2. The number of nitrogens with one attached hydrogen (secondary N) is 2. The van der Waals surface area contributed by atoms with Crippen molar-refractivity contribution in [3.05, 3.63) is 90.4 Å². The van der Waals surface area contributed by atoms with Crippen LogP contribution < -0.4 is 10.9 Å². The molecule has 0 fully saturated rings. The molecule has 2 heterocycles. The van der Waals surface area contributed by atoms with Gasteiger partial charge in [-0.1, -0.05) is 48.5 Å². The number of hydrogen-bond donors (Lipinski definition) is 3. The van der Waals surface area contributed by atoms with E-state index in [2.05, 4.69) is 16.0 Å². The van der Waals surface area contributed by atoms with Gasteiger partial charge in [-0.15, -0.1) is 0 Å². The average molecular weight is 416 g/mol. The van der Waals surface area contributed by atoms with Crippen LogP contribution in [0.4, 0.5) is 0 Å². The van der Waals surface area contributed by atoms with Crippen LogP contribution in [0.25, 0.3) is 17.0 Å². The molecule has 156 valence electrons. The molecule has 2 aromatic carbocycles. The van der Waals surface area contributed by atoms with Crippen LogP contribution in [0.15, 0.2) is 83.4 Å². The van der Waals surface area contributed by atoms with Gasteiger partial charge in [0.25, 0.3) is 5.91 Å². The van der Waals surface area contributed by atoms with Gasteiger partial charge in [0.15, 0.2) is 11.4 Å². The first-order chi connectivity index (χ1) is 15.1. The Hall–Kier alpha value is -4.33. The van der Waals surface area contributed by atoms with Crippen LogP contribution in [0.2, 0.25) is 0 Å². The van der Waals surface area contributed by atoms with Gasteiger partial charge in [-0.25, -0.2) is 4.68 Å². The van der Waals surface area contributed by atoms with Crippen LogP contribution >= 0.6 is 0 Å². The van der Waals surface area contributed by atoms with E-state index in [0.29, 0.717) is 17.9 Å². The van der Waals surface area contributed by atoms with Crippen LogP contribution in [0.5, 0.6) is 5.75 Å². The molecular weight excluding hydrogens is 396 g/mol. The second-order valence-electron chi connectivity index (χ2n) is 6.78. The number of hydrogen-bond acceptors (Lipinski definition) is 5. The summed E-state index contributed by atoms with van der Waals surface area (Å²) in [5.41, 5.74) is 6.05. The van der Waals surface area contributed by atoms with Crippen molar-refractivity contribution in [2.45, 2.75) is 12.8 Å². The number of aromatic hydroxyl groups is 1. The van der Waals surface area contributed by atoms with Crippen LogP contribution in [-0.4, -0.2) is 26.7 Å². The molecule has 2 aromatic heterocycles. The van der Waals surface area contributed by atoms with Gasteiger partial charge >= 0.3 is 0 Å². The highest BCUT2D eigenvalue weighted by atomic mass is 16.3. The van der Waals surface area contributed by atoms with Crippen LogP contribution in [0.1, 0.15) is 22.7 Å². The highest BCUT2D eigenvalue weighted by molar-refractivity contribution is 5.95. The molecule has 0 radical (unpaired) electrons. The summed E-state index contributed by atoms with van der Waals surface area (Å²) in [6.45, 7) is 0. The number of furan rings is 1. The summed E-state index contributed by atoms with van der Waals surface area (Å²) >= 11 is 0. The first-order valence-electron chi connectivity index (χ1n) is 9.67. The van der Waals surface area contributed by atoms with E-state index >= 15 is 0 Å². The second-order valence-corrected chi connectivity index (χ2v) is 6.78. The topological polar surface area (TPSA) is 109 Å². The second kappa shape index (κ2) is 9.00. The van der Waals surface area contributed by atoms with Crippen molar-refractivity contribution in [3.8, 4) is 22.8 Å². The third-order valence-electron chi connectivity index (χ3n) is 4.56. The molecule has 31 heavy (non-hydrogen) atoms. The average Bonchev–Trinajstić information content (AvgIpc) is 3.44. The monoisotopic (exact) mass is 416 g/mol. The molecule has 0 atom stereocenters. The van der Waals surface area contributed by atoms with Crippen molar-refractivity contribution in [2.75, 3.05) is 0 Å². The van der Waals surface area contributed by atoms with E-state index in [1.807, 2.05) is 60.7 Å². The maximum absolute atomic E-state index is 12.3. The van der Waals surface area contributed by atoms with Crippen molar-refractivity contribution >= 4 is 11.8 Å². The summed E-state index contributed by atoms with van der Waals surface area (Å²) in [7, 11) is 0. The van der Waals surface area contributed by atoms with E-state index < -0.39 is 11.8 Å². The fraction of sp³-hybridized carbons (Fsp3) is 0.0870. The maximum atomic E-state index is 12.3. The fourth-order valence-electron chi connectivity index (χ4n) is 2.99. The lowest BCUT2D eigenvalue weighted by molar-refractivity contribution is -0.121. The molecule has 0 saturated heterocycles. The lowest BCUT2D eigenvalue weighted by Gasteiger charge is -2.05. The highest BCUT2D eigenvalue weighted by Crippen LogP contribution is 2.22. The van der Waals surface area contributed by atoms with Gasteiger partial charge in [0.1, 0.15) is 11.5 Å². The van der Waals surface area contributed by atoms with Crippen molar-refractivity contribution < 1.29 is 19.1 Å². The Balaban J connectivity index is 1.29. The molecule has 4 aromatic rings. The number of nitrogens with zero attached hydrogens (tertiary/aromatic N) is 2. The van der Waals surface area contributed by atoms with Gasteiger partial charge in [0.05, 0.1) is 11.9 Å². The number of aromatic nitrogens is 2. The zero-order valence-corrected chi connectivity index (χ0v) is 16.5. The molecule has 0 bridgehead atoms. The van der Waals surface area contributed by atoms with Gasteiger partial charge in [-0.3, -0.25) is 20.4 Å². The standard InChI is InChI=1S/C23H20N4O4/c28-19-15-27(17-9-5-2-6-10-17)26-22(19)23(30)25-24-21(29)14-12-18-11-13-20(31-18)16-7-3-1-4-8-16/h1-11,13,15,28H,12,14H2,(H,24,29)(H,25,30). The molecule has 2 amide bonds. The van der Waals surface area contributed by atoms with Gasteiger partial charge in [-0.05, 0) is 24.3 Å². The van der Waals surface area contributed by atoms with Gasteiger partial charge < -0.3 is 9.52 Å². The molecule has 0 saturated carbocycles. The Morgan fingerprint density at radius 1 is 0.935 bits per heavy atom. The summed E-state index contributed by atoms with van der Waals surface area (Å²) in [6, 6.07) is 22.4. The summed E-state index contributed by atoms with van der Waals surface area (Å²) in [5.74, 6) is -0.00844. The third kappa shape index (κ3) is 4.81. The van der Waals surface area contributed by atoms with E-state index in [9.17, 15) is 14.7 Å². The number of aryl methyl sites for hydroxylation is 1. The van der Waals surface area contributed by atoms with E-state index in [-0.39, 0.29) is 17.9 Å².